The highest BCUT2D eigenvalue weighted by atomic mass is 16.3. The molecule has 116 valence electrons. The van der Waals surface area contributed by atoms with E-state index in [-0.39, 0.29) is 12.5 Å². The average molecular weight is 292 g/mol. The van der Waals surface area contributed by atoms with Crippen molar-refractivity contribution in [3.8, 4) is 0 Å². The third-order valence-electron chi connectivity index (χ3n) is 3.57. The summed E-state index contributed by atoms with van der Waals surface area (Å²) in [4.78, 5) is 23.4. The molecule has 0 aliphatic heterocycles. The first kappa shape index (κ1) is 17.2. The van der Waals surface area contributed by atoms with Crippen LogP contribution in [0.5, 0.6) is 0 Å². The SMILES string of the molecule is CCc1cccc(NC(=O)C(=O)NCC(O)C(C)CC)c1. The maximum absolute atomic E-state index is 11.8. The predicted molar refractivity (Wildman–Crippen MR) is 82.9 cm³/mol. The minimum absolute atomic E-state index is 0.0783. The Morgan fingerprint density at radius 1 is 1.24 bits per heavy atom. The van der Waals surface area contributed by atoms with Crippen LogP contribution >= 0.6 is 0 Å². The topological polar surface area (TPSA) is 78.4 Å². The maximum atomic E-state index is 11.8. The Kier molecular flexibility index (Phi) is 6.88. The second-order valence-electron chi connectivity index (χ2n) is 5.17. The fourth-order valence-corrected chi connectivity index (χ4v) is 1.81. The van der Waals surface area contributed by atoms with Gasteiger partial charge in [-0.2, -0.15) is 0 Å². The van der Waals surface area contributed by atoms with Gasteiger partial charge >= 0.3 is 11.8 Å². The molecule has 0 saturated carbocycles. The van der Waals surface area contributed by atoms with Crippen LogP contribution in [0, 0.1) is 5.92 Å². The number of rotatable bonds is 6. The Morgan fingerprint density at radius 2 is 1.95 bits per heavy atom. The second kappa shape index (κ2) is 8.42. The first-order chi connectivity index (χ1) is 9.97. The molecule has 0 heterocycles. The summed E-state index contributed by atoms with van der Waals surface area (Å²) in [5.41, 5.74) is 1.68. The fourth-order valence-electron chi connectivity index (χ4n) is 1.81. The smallest absolute Gasteiger partial charge is 0.313 e. The van der Waals surface area contributed by atoms with Crippen LogP contribution in [0.2, 0.25) is 0 Å². The molecule has 2 unspecified atom stereocenters. The van der Waals surface area contributed by atoms with E-state index in [1.165, 1.54) is 0 Å². The van der Waals surface area contributed by atoms with Crippen molar-refractivity contribution in [1.82, 2.24) is 5.32 Å². The molecule has 5 heteroatoms. The summed E-state index contributed by atoms with van der Waals surface area (Å²) in [5.74, 6) is -1.38. The van der Waals surface area contributed by atoms with Crippen molar-refractivity contribution in [3.05, 3.63) is 29.8 Å². The van der Waals surface area contributed by atoms with E-state index in [4.69, 9.17) is 0 Å². The molecule has 0 radical (unpaired) electrons. The fraction of sp³-hybridized carbons (Fsp3) is 0.500. The van der Waals surface area contributed by atoms with Crippen molar-refractivity contribution in [3.63, 3.8) is 0 Å². The molecule has 0 aromatic heterocycles. The molecule has 1 aromatic carbocycles. The van der Waals surface area contributed by atoms with Gasteiger partial charge in [-0.1, -0.05) is 39.3 Å². The van der Waals surface area contributed by atoms with Gasteiger partial charge in [0.05, 0.1) is 6.10 Å². The number of anilines is 1. The zero-order valence-corrected chi connectivity index (χ0v) is 12.8. The van der Waals surface area contributed by atoms with E-state index in [0.29, 0.717) is 5.69 Å². The number of carbonyl (C=O) groups excluding carboxylic acids is 2. The number of aliphatic hydroxyl groups excluding tert-OH is 1. The van der Waals surface area contributed by atoms with Crippen LogP contribution in [0.15, 0.2) is 24.3 Å². The quantitative estimate of drug-likeness (QED) is 0.698. The summed E-state index contributed by atoms with van der Waals surface area (Å²) in [6, 6.07) is 7.36. The highest BCUT2D eigenvalue weighted by Gasteiger charge is 2.17. The average Bonchev–Trinajstić information content (AvgIpc) is 2.51. The number of hydrogen-bond donors (Lipinski definition) is 3. The van der Waals surface area contributed by atoms with Gasteiger partial charge in [0.2, 0.25) is 0 Å². The van der Waals surface area contributed by atoms with Crippen molar-refractivity contribution in [2.24, 2.45) is 5.92 Å². The molecule has 2 amide bonds. The van der Waals surface area contributed by atoms with Crippen molar-refractivity contribution in [2.45, 2.75) is 39.7 Å². The first-order valence-electron chi connectivity index (χ1n) is 7.34. The molecule has 1 rings (SSSR count). The van der Waals surface area contributed by atoms with E-state index in [9.17, 15) is 14.7 Å². The third kappa shape index (κ3) is 5.55. The Bertz CT molecular complexity index is 488. The Morgan fingerprint density at radius 3 is 2.57 bits per heavy atom. The van der Waals surface area contributed by atoms with E-state index in [1.807, 2.05) is 39.0 Å². The molecular formula is C16H24N2O3. The molecule has 0 aliphatic carbocycles. The highest BCUT2D eigenvalue weighted by molar-refractivity contribution is 6.39. The van der Waals surface area contributed by atoms with Gasteiger partial charge in [0.15, 0.2) is 0 Å². The molecule has 1 aromatic rings. The summed E-state index contributed by atoms with van der Waals surface area (Å²) < 4.78 is 0. The van der Waals surface area contributed by atoms with Crippen LogP contribution in [-0.4, -0.2) is 29.6 Å². The standard InChI is InChI=1S/C16H24N2O3/c1-4-11(3)14(19)10-17-15(20)16(21)18-13-8-6-7-12(5-2)9-13/h6-9,11,14,19H,4-5,10H2,1-3H3,(H,17,20)(H,18,21). The van der Waals surface area contributed by atoms with Crippen molar-refractivity contribution < 1.29 is 14.7 Å². The third-order valence-corrected chi connectivity index (χ3v) is 3.57. The number of nitrogens with one attached hydrogen (secondary N) is 2. The van der Waals surface area contributed by atoms with Crippen LogP contribution in [0.1, 0.15) is 32.8 Å². The lowest BCUT2D eigenvalue weighted by Gasteiger charge is -2.17. The van der Waals surface area contributed by atoms with E-state index >= 15 is 0 Å². The summed E-state index contributed by atoms with van der Waals surface area (Å²) in [6.45, 7) is 5.95. The molecule has 3 N–H and O–H groups in total. The summed E-state index contributed by atoms with van der Waals surface area (Å²) in [7, 11) is 0. The number of amides is 2. The molecule has 0 spiro atoms. The lowest BCUT2D eigenvalue weighted by atomic mass is 10.0. The summed E-state index contributed by atoms with van der Waals surface area (Å²) in [5, 5.41) is 14.8. The zero-order valence-electron chi connectivity index (χ0n) is 12.8. The second-order valence-corrected chi connectivity index (χ2v) is 5.17. The van der Waals surface area contributed by atoms with Crippen molar-refractivity contribution >= 4 is 17.5 Å². The van der Waals surface area contributed by atoms with Crippen LogP contribution in [0.25, 0.3) is 0 Å². The molecule has 21 heavy (non-hydrogen) atoms. The molecule has 0 aliphatic rings. The molecule has 0 bridgehead atoms. The Labute approximate surface area is 125 Å². The maximum Gasteiger partial charge on any atom is 0.313 e. The first-order valence-corrected chi connectivity index (χ1v) is 7.34. The predicted octanol–water partition coefficient (Wildman–Crippen LogP) is 1.71. The largest absolute Gasteiger partial charge is 0.391 e. The number of aryl methyl sites for hydroxylation is 1. The van der Waals surface area contributed by atoms with Gasteiger partial charge in [-0.3, -0.25) is 9.59 Å². The molecular weight excluding hydrogens is 268 g/mol. The van der Waals surface area contributed by atoms with Crippen LogP contribution < -0.4 is 10.6 Å². The number of hydrogen-bond acceptors (Lipinski definition) is 3. The van der Waals surface area contributed by atoms with E-state index in [2.05, 4.69) is 10.6 Å². The van der Waals surface area contributed by atoms with Crippen molar-refractivity contribution in [2.75, 3.05) is 11.9 Å². The van der Waals surface area contributed by atoms with Gasteiger partial charge in [-0.05, 0) is 30.0 Å². The Balaban J connectivity index is 2.49. The normalized spacial score (nSPS) is 13.3. The van der Waals surface area contributed by atoms with E-state index in [0.717, 1.165) is 18.4 Å². The number of carbonyl (C=O) groups is 2. The summed E-state index contributed by atoms with van der Waals surface area (Å²) in [6.07, 6.45) is 1.03. The van der Waals surface area contributed by atoms with Crippen LogP contribution in [-0.2, 0) is 16.0 Å². The highest BCUT2D eigenvalue weighted by Crippen LogP contribution is 2.11. The van der Waals surface area contributed by atoms with Gasteiger partial charge < -0.3 is 15.7 Å². The molecule has 0 fully saturated rings. The molecule has 2 atom stereocenters. The Hall–Kier alpha value is -1.88. The van der Waals surface area contributed by atoms with Crippen LogP contribution in [0.4, 0.5) is 5.69 Å². The lowest BCUT2D eigenvalue weighted by Crippen LogP contribution is -2.41. The lowest BCUT2D eigenvalue weighted by molar-refractivity contribution is -0.136. The molecule has 0 saturated heterocycles. The minimum atomic E-state index is -0.737. The van der Waals surface area contributed by atoms with Gasteiger partial charge in [0.1, 0.15) is 0 Å². The number of aliphatic hydroxyl groups is 1. The van der Waals surface area contributed by atoms with E-state index < -0.39 is 17.9 Å². The van der Waals surface area contributed by atoms with Gasteiger partial charge in [-0.25, -0.2) is 0 Å². The zero-order chi connectivity index (χ0) is 15.8. The van der Waals surface area contributed by atoms with E-state index in [1.54, 1.807) is 6.07 Å². The van der Waals surface area contributed by atoms with Crippen LogP contribution in [0.3, 0.4) is 0 Å². The molecule has 5 nitrogen and oxygen atoms in total. The number of benzene rings is 1. The summed E-state index contributed by atoms with van der Waals surface area (Å²) >= 11 is 0. The van der Waals surface area contributed by atoms with Gasteiger partial charge in [0.25, 0.3) is 0 Å². The van der Waals surface area contributed by atoms with Gasteiger partial charge in [-0.15, -0.1) is 0 Å². The van der Waals surface area contributed by atoms with Crippen molar-refractivity contribution in [1.29, 1.82) is 0 Å². The van der Waals surface area contributed by atoms with Gasteiger partial charge in [0, 0.05) is 12.2 Å². The monoisotopic (exact) mass is 292 g/mol. The minimum Gasteiger partial charge on any atom is -0.391 e.